The summed E-state index contributed by atoms with van der Waals surface area (Å²) in [5, 5.41) is 11.5. The first kappa shape index (κ1) is 22.6. The molecule has 0 radical (unpaired) electrons. The van der Waals surface area contributed by atoms with Gasteiger partial charge in [0.2, 0.25) is 11.8 Å². The summed E-state index contributed by atoms with van der Waals surface area (Å²) < 4.78 is 0. The van der Waals surface area contributed by atoms with Crippen molar-refractivity contribution >= 4 is 40.5 Å². The fourth-order valence-electron chi connectivity index (χ4n) is 2.97. The van der Waals surface area contributed by atoms with Crippen LogP contribution in [0, 0.1) is 6.92 Å². The summed E-state index contributed by atoms with van der Waals surface area (Å²) in [4.78, 5) is 36.1. The third kappa shape index (κ3) is 6.70. The first-order chi connectivity index (χ1) is 15.4. The maximum Gasteiger partial charge on any atom is 0.255 e. The summed E-state index contributed by atoms with van der Waals surface area (Å²) in [6.07, 6.45) is 0.397. The van der Waals surface area contributed by atoms with E-state index in [9.17, 15) is 14.4 Å². The number of carbonyl (C=O) groups excluding carboxylic acids is 3. The van der Waals surface area contributed by atoms with E-state index in [1.165, 1.54) is 0 Å². The lowest BCUT2D eigenvalue weighted by Crippen LogP contribution is -2.21. The second kappa shape index (κ2) is 10.8. The van der Waals surface area contributed by atoms with Crippen LogP contribution in [-0.4, -0.2) is 24.3 Å². The normalized spacial score (nSPS) is 10.2. The lowest BCUT2D eigenvalue weighted by molar-refractivity contribution is -0.116. The van der Waals surface area contributed by atoms with Crippen LogP contribution in [0.5, 0.6) is 0 Å². The maximum atomic E-state index is 12.3. The molecule has 32 heavy (non-hydrogen) atoms. The molecular formula is C25H26N4O3. The van der Waals surface area contributed by atoms with E-state index in [1.807, 2.05) is 31.2 Å². The number of anilines is 4. The van der Waals surface area contributed by atoms with Crippen LogP contribution < -0.4 is 21.3 Å². The number of carbonyl (C=O) groups is 3. The molecule has 0 heterocycles. The van der Waals surface area contributed by atoms with Crippen LogP contribution in [0.2, 0.25) is 0 Å². The van der Waals surface area contributed by atoms with Crippen LogP contribution in [0.25, 0.3) is 0 Å². The first-order valence-electron chi connectivity index (χ1n) is 10.3. The van der Waals surface area contributed by atoms with Gasteiger partial charge in [-0.3, -0.25) is 14.4 Å². The number of benzene rings is 3. The molecule has 3 aromatic rings. The van der Waals surface area contributed by atoms with Gasteiger partial charge in [-0.15, -0.1) is 0 Å². The topological polar surface area (TPSA) is 99.3 Å². The van der Waals surface area contributed by atoms with Crippen molar-refractivity contribution in [2.75, 3.05) is 27.8 Å². The zero-order chi connectivity index (χ0) is 22.9. The van der Waals surface area contributed by atoms with Crippen LogP contribution in [-0.2, 0) is 9.59 Å². The highest BCUT2D eigenvalue weighted by Gasteiger charge is 2.07. The predicted molar refractivity (Wildman–Crippen MR) is 128 cm³/mol. The third-order valence-electron chi connectivity index (χ3n) is 4.63. The van der Waals surface area contributed by atoms with Gasteiger partial charge in [-0.05, 0) is 61.5 Å². The average Bonchev–Trinajstić information content (AvgIpc) is 2.79. The van der Waals surface area contributed by atoms with Gasteiger partial charge in [0.25, 0.3) is 5.91 Å². The third-order valence-corrected chi connectivity index (χ3v) is 4.63. The number of aryl methyl sites for hydroxylation is 1. The van der Waals surface area contributed by atoms with Gasteiger partial charge in [-0.2, -0.15) is 0 Å². The molecule has 0 atom stereocenters. The van der Waals surface area contributed by atoms with Crippen LogP contribution in [0.3, 0.4) is 0 Å². The molecule has 0 unspecified atom stereocenters. The smallest absolute Gasteiger partial charge is 0.255 e. The Morgan fingerprint density at radius 1 is 0.688 bits per heavy atom. The van der Waals surface area contributed by atoms with Gasteiger partial charge >= 0.3 is 0 Å². The van der Waals surface area contributed by atoms with Crippen molar-refractivity contribution in [3.63, 3.8) is 0 Å². The summed E-state index contributed by atoms with van der Waals surface area (Å²) in [7, 11) is 0. The summed E-state index contributed by atoms with van der Waals surface area (Å²) in [5.41, 5.74) is 4.26. The standard InChI is InChI=1S/C25H26N4O3/c1-3-23(30)28-22-9-5-8-21(15-22)26-16-24(31)27-19-10-12-20(13-11-19)29-25(32)18-7-4-6-17(2)14-18/h4-15,26H,3,16H2,1-2H3,(H,27,31)(H,28,30)(H,29,32). The molecule has 0 aliphatic carbocycles. The Kier molecular flexibility index (Phi) is 7.59. The van der Waals surface area contributed by atoms with Gasteiger partial charge in [-0.1, -0.05) is 30.7 Å². The predicted octanol–water partition coefficient (Wildman–Crippen LogP) is 4.65. The van der Waals surface area contributed by atoms with Crippen LogP contribution in [0.4, 0.5) is 22.7 Å². The summed E-state index contributed by atoms with van der Waals surface area (Å²) in [6, 6.07) is 21.5. The highest BCUT2D eigenvalue weighted by molar-refractivity contribution is 6.04. The largest absolute Gasteiger partial charge is 0.376 e. The van der Waals surface area contributed by atoms with Gasteiger partial charge in [0, 0.05) is 34.7 Å². The van der Waals surface area contributed by atoms with Crippen molar-refractivity contribution in [3.8, 4) is 0 Å². The molecule has 0 saturated carbocycles. The molecule has 0 aromatic heterocycles. The van der Waals surface area contributed by atoms with Crippen molar-refractivity contribution in [1.82, 2.24) is 0 Å². The molecular weight excluding hydrogens is 404 g/mol. The Morgan fingerprint density at radius 2 is 1.31 bits per heavy atom. The van der Waals surface area contributed by atoms with Crippen LogP contribution in [0.15, 0.2) is 72.8 Å². The van der Waals surface area contributed by atoms with Crippen LogP contribution >= 0.6 is 0 Å². The second-order valence-electron chi connectivity index (χ2n) is 7.29. The van der Waals surface area contributed by atoms with E-state index in [-0.39, 0.29) is 24.3 Å². The Balaban J connectivity index is 1.50. The molecule has 0 aliphatic rings. The minimum absolute atomic E-state index is 0.0665. The molecule has 7 heteroatoms. The van der Waals surface area contributed by atoms with Crippen molar-refractivity contribution in [1.29, 1.82) is 0 Å². The van der Waals surface area contributed by atoms with Gasteiger partial charge < -0.3 is 21.3 Å². The van der Waals surface area contributed by atoms with Gasteiger partial charge in [0.1, 0.15) is 0 Å². The Bertz CT molecular complexity index is 1110. The van der Waals surface area contributed by atoms with E-state index in [0.29, 0.717) is 29.0 Å². The van der Waals surface area contributed by atoms with E-state index in [4.69, 9.17) is 0 Å². The molecule has 0 fully saturated rings. The second-order valence-corrected chi connectivity index (χ2v) is 7.29. The Morgan fingerprint density at radius 3 is 2.00 bits per heavy atom. The molecule has 0 saturated heterocycles. The van der Waals surface area contributed by atoms with E-state index < -0.39 is 0 Å². The van der Waals surface area contributed by atoms with Crippen molar-refractivity contribution in [3.05, 3.63) is 83.9 Å². The molecule has 3 aromatic carbocycles. The number of amides is 3. The highest BCUT2D eigenvalue weighted by atomic mass is 16.2. The van der Waals surface area contributed by atoms with Gasteiger partial charge in [0.05, 0.1) is 6.54 Å². The molecule has 3 amide bonds. The molecule has 4 N–H and O–H groups in total. The lowest BCUT2D eigenvalue weighted by Gasteiger charge is -2.11. The SMILES string of the molecule is CCC(=O)Nc1cccc(NCC(=O)Nc2ccc(NC(=O)c3cccc(C)c3)cc2)c1. The number of nitrogens with one attached hydrogen (secondary N) is 4. The number of hydrogen-bond acceptors (Lipinski definition) is 4. The molecule has 3 rings (SSSR count). The molecule has 0 aliphatic heterocycles. The van der Waals surface area contributed by atoms with E-state index in [0.717, 1.165) is 11.3 Å². The molecule has 0 spiro atoms. The van der Waals surface area contributed by atoms with Gasteiger partial charge in [-0.25, -0.2) is 0 Å². The Hall–Kier alpha value is -4.13. The van der Waals surface area contributed by atoms with E-state index in [2.05, 4.69) is 21.3 Å². The monoisotopic (exact) mass is 430 g/mol. The lowest BCUT2D eigenvalue weighted by atomic mass is 10.1. The number of rotatable bonds is 8. The van der Waals surface area contributed by atoms with Crippen LogP contribution in [0.1, 0.15) is 29.3 Å². The van der Waals surface area contributed by atoms with Crippen molar-refractivity contribution in [2.24, 2.45) is 0 Å². The van der Waals surface area contributed by atoms with Crippen molar-refractivity contribution in [2.45, 2.75) is 20.3 Å². The Labute approximate surface area is 187 Å². The minimum atomic E-state index is -0.218. The molecule has 0 bridgehead atoms. The number of hydrogen-bond donors (Lipinski definition) is 4. The molecule has 7 nitrogen and oxygen atoms in total. The zero-order valence-electron chi connectivity index (χ0n) is 18.1. The highest BCUT2D eigenvalue weighted by Crippen LogP contribution is 2.17. The minimum Gasteiger partial charge on any atom is -0.376 e. The fourth-order valence-corrected chi connectivity index (χ4v) is 2.97. The van der Waals surface area contributed by atoms with E-state index in [1.54, 1.807) is 55.5 Å². The quantitative estimate of drug-likeness (QED) is 0.418. The maximum absolute atomic E-state index is 12.3. The average molecular weight is 431 g/mol. The van der Waals surface area contributed by atoms with Gasteiger partial charge in [0.15, 0.2) is 0 Å². The summed E-state index contributed by atoms with van der Waals surface area (Å²) in [5.74, 6) is -0.477. The summed E-state index contributed by atoms with van der Waals surface area (Å²) in [6.45, 7) is 3.79. The van der Waals surface area contributed by atoms with E-state index >= 15 is 0 Å². The first-order valence-corrected chi connectivity index (χ1v) is 10.3. The summed E-state index contributed by atoms with van der Waals surface area (Å²) >= 11 is 0. The zero-order valence-corrected chi connectivity index (χ0v) is 18.1. The fraction of sp³-hybridized carbons (Fsp3) is 0.160. The van der Waals surface area contributed by atoms with Crippen molar-refractivity contribution < 1.29 is 14.4 Å². The molecule has 164 valence electrons.